The van der Waals surface area contributed by atoms with Crippen molar-refractivity contribution in [2.45, 2.75) is 39.3 Å². The van der Waals surface area contributed by atoms with Gasteiger partial charge in [-0.3, -0.25) is 4.79 Å². The van der Waals surface area contributed by atoms with Gasteiger partial charge in [-0.25, -0.2) is 0 Å². The predicted molar refractivity (Wildman–Crippen MR) is 70.5 cm³/mol. The van der Waals surface area contributed by atoms with Crippen LogP contribution in [-0.4, -0.2) is 23.7 Å². The molecule has 18 heavy (non-hydrogen) atoms. The van der Waals surface area contributed by atoms with Crippen LogP contribution in [0.4, 0.5) is 0 Å². The summed E-state index contributed by atoms with van der Waals surface area (Å²) in [5.41, 5.74) is 0.720. The maximum atomic E-state index is 11.5. The Morgan fingerprint density at radius 1 is 1.39 bits per heavy atom. The van der Waals surface area contributed by atoms with Gasteiger partial charge in [-0.2, -0.15) is 0 Å². The van der Waals surface area contributed by atoms with Crippen LogP contribution in [0.2, 0.25) is 0 Å². The molecule has 1 rings (SSSR count). The minimum absolute atomic E-state index is 0.0361. The second kappa shape index (κ2) is 7.01. The highest BCUT2D eigenvalue weighted by Gasteiger charge is 2.12. The van der Waals surface area contributed by atoms with Gasteiger partial charge in [0.05, 0.1) is 6.10 Å². The lowest BCUT2D eigenvalue weighted by Gasteiger charge is -2.15. The molecule has 1 aromatic rings. The third-order valence-electron chi connectivity index (χ3n) is 2.47. The molecule has 4 nitrogen and oxygen atoms in total. The summed E-state index contributed by atoms with van der Waals surface area (Å²) in [7, 11) is 0. The summed E-state index contributed by atoms with van der Waals surface area (Å²) >= 11 is 0. The van der Waals surface area contributed by atoms with Crippen molar-refractivity contribution in [2.75, 3.05) is 6.61 Å². The Labute approximate surface area is 108 Å². The number of para-hydroxylation sites is 1. The van der Waals surface area contributed by atoms with E-state index in [0.717, 1.165) is 5.56 Å². The van der Waals surface area contributed by atoms with E-state index in [1.165, 1.54) is 0 Å². The van der Waals surface area contributed by atoms with Crippen molar-refractivity contribution in [3.8, 4) is 5.75 Å². The summed E-state index contributed by atoms with van der Waals surface area (Å²) in [5, 5.41) is 12.6. The van der Waals surface area contributed by atoms with Gasteiger partial charge in [-0.15, -0.1) is 0 Å². The average Bonchev–Trinajstić information content (AvgIpc) is 2.35. The molecular weight excluding hydrogens is 230 g/mol. The summed E-state index contributed by atoms with van der Waals surface area (Å²) in [6, 6.07) is 7.33. The van der Waals surface area contributed by atoms with E-state index in [4.69, 9.17) is 4.74 Å². The van der Waals surface area contributed by atoms with Crippen molar-refractivity contribution in [1.29, 1.82) is 0 Å². The van der Waals surface area contributed by atoms with Crippen LogP contribution >= 0.6 is 0 Å². The van der Waals surface area contributed by atoms with Crippen molar-refractivity contribution >= 4 is 5.91 Å². The van der Waals surface area contributed by atoms with Crippen molar-refractivity contribution in [1.82, 2.24) is 5.32 Å². The lowest BCUT2D eigenvalue weighted by Crippen LogP contribution is -2.34. The number of carbonyl (C=O) groups is 1. The minimum atomic E-state index is -0.561. The zero-order chi connectivity index (χ0) is 13.5. The molecule has 0 aliphatic carbocycles. The van der Waals surface area contributed by atoms with Crippen LogP contribution in [0.3, 0.4) is 0 Å². The average molecular weight is 251 g/mol. The number of hydrogen-bond donors (Lipinski definition) is 2. The smallest absolute Gasteiger partial charge is 0.258 e. The van der Waals surface area contributed by atoms with E-state index in [1.807, 2.05) is 39.0 Å². The zero-order valence-corrected chi connectivity index (χ0v) is 11.1. The van der Waals surface area contributed by atoms with E-state index in [1.54, 1.807) is 6.07 Å². The molecule has 2 N–H and O–H groups in total. The summed E-state index contributed by atoms with van der Waals surface area (Å²) in [6.07, 6.45) is 0.0489. The van der Waals surface area contributed by atoms with Gasteiger partial charge in [-0.1, -0.05) is 25.1 Å². The molecule has 4 heteroatoms. The number of benzene rings is 1. The lowest BCUT2D eigenvalue weighted by molar-refractivity contribution is -0.123. The van der Waals surface area contributed by atoms with Gasteiger partial charge in [0.25, 0.3) is 5.91 Å². The molecular formula is C14H21NO3. The summed E-state index contributed by atoms with van der Waals surface area (Å²) in [5.74, 6) is 0.400. The Morgan fingerprint density at radius 3 is 2.67 bits per heavy atom. The van der Waals surface area contributed by atoms with Crippen LogP contribution in [0.1, 0.15) is 38.9 Å². The van der Waals surface area contributed by atoms with E-state index in [0.29, 0.717) is 12.2 Å². The zero-order valence-electron chi connectivity index (χ0n) is 11.1. The van der Waals surface area contributed by atoms with Crippen LogP contribution in [0.15, 0.2) is 24.3 Å². The van der Waals surface area contributed by atoms with Crippen LogP contribution in [-0.2, 0) is 4.79 Å². The highest BCUT2D eigenvalue weighted by atomic mass is 16.5. The quantitative estimate of drug-likeness (QED) is 0.813. The molecule has 0 aromatic heterocycles. The summed E-state index contributed by atoms with van der Waals surface area (Å²) in [6.45, 7) is 5.65. The van der Waals surface area contributed by atoms with Gasteiger partial charge in [0, 0.05) is 11.6 Å². The highest BCUT2D eigenvalue weighted by Crippen LogP contribution is 2.26. The molecule has 0 heterocycles. The summed E-state index contributed by atoms with van der Waals surface area (Å²) in [4.78, 5) is 11.5. The molecule has 0 aliphatic heterocycles. The topological polar surface area (TPSA) is 58.6 Å². The van der Waals surface area contributed by atoms with Crippen molar-refractivity contribution in [3.63, 3.8) is 0 Å². The highest BCUT2D eigenvalue weighted by molar-refractivity contribution is 5.77. The van der Waals surface area contributed by atoms with E-state index in [2.05, 4.69) is 5.32 Å². The third-order valence-corrected chi connectivity index (χ3v) is 2.47. The molecule has 100 valence electrons. The fourth-order valence-electron chi connectivity index (χ4n) is 1.61. The van der Waals surface area contributed by atoms with Gasteiger partial charge >= 0.3 is 0 Å². The van der Waals surface area contributed by atoms with Gasteiger partial charge in [0.1, 0.15) is 5.75 Å². The third kappa shape index (κ3) is 4.37. The monoisotopic (exact) mass is 251 g/mol. The van der Waals surface area contributed by atoms with Crippen LogP contribution in [0.5, 0.6) is 5.75 Å². The number of hydrogen-bond acceptors (Lipinski definition) is 3. The normalized spacial score (nSPS) is 12.3. The van der Waals surface area contributed by atoms with E-state index in [-0.39, 0.29) is 18.6 Å². The largest absolute Gasteiger partial charge is 0.483 e. The molecule has 0 unspecified atom stereocenters. The number of nitrogens with one attached hydrogen (secondary N) is 1. The van der Waals surface area contributed by atoms with E-state index < -0.39 is 6.10 Å². The van der Waals surface area contributed by atoms with Crippen molar-refractivity contribution in [3.05, 3.63) is 29.8 Å². The Morgan fingerprint density at radius 2 is 2.06 bits per heavy atom. The second-order valence-electron chi connectivity index (χ2n) is 4.47. The van der Waals surface area contributed by atoms with E-state index >= 15 is 0 Å². The Bertz CT molecular complexity index is 390. The first-order chi connectivity index (χ1) is 8.54. The molecule has 1 aromatic carbocycles. The van der Waals surface area contributed by atoms with Crippen molar-refractivity contribution in [2.24, 2.45) is 0 Å². The Kier molecular flexibility index (Phi) is 5.65. The number of rotatable bonds is 6. The lowest BCUT2D eigenvalue weighted by atomic mass is 10.1. The Balaban J connectivity index is 2.64. The molecule has 1 atom stereocenters. The molecule has 0 saturated carbocycles. The first-order valence-corrected chi connectivity index (χ1v) is 6.23. The number of amides is 1. The second-order valence-corrected chi connectivity index (χ2v) is 4.47. The summed E-state index contributed by atoms with van der Waals surface area (Å²) < 4.78 is 5.45. The number of carbonyl (C=O) groups excluding carboxylic acids is 1. The predicted octanol–water partition coefficient (Wildman–Crippen LogP) is 2.03. The van der Waals surface area contributed by atoms with Crippen LogP contribution in [0.25, 0.3) is 0 Å². The SMILES string of the molecule is CC[C@H](O)c1ccccc1OCC(=O)NC(C)C. The molecule has 0 aliphatic rings. The molecule has 0 radical (unpaired) electrons. The van der Waals surface area contributed by atoms with Gasteiger partial charge < -0.3 is 15.2 Å². The van der Waals surface area contributed by atoms with E-state index in [9.17, 15) is 9.90 Å². The standard InChI is InChI=1S/C14H21NO3/c1-4-12(16)11-7-5-6-8-13(11)18-9-14(17)15-10(2)3/h5-8,10,12,16H,4,9H2,1-3H3,(H,15,17)/t12-/m0/s1. The van der Waals surface area contributed by atoms with Crippen LogP contribution < -0.4 is 10.1 Å². The maximum Gasteiger partial charge on any atom is 0.258 e. The number of aliphatic hydroxyl groups is 1. The maximum absolute atomic E-state index is 11.5. The number of aliphatic hydroxyl groups excluding tert-OH is 1. The minimum Gasteiger partial charge on any atom is -0.483 e. The van der Waals surface area contributed by atoms with Crippen molar-refractivity contribution < 1.29 is 14.6 Å². The van der Waals surface area contributed by atoms with Gasteiger partial charge in [-0.05, 0) is 26.3 Å². The first kappa shape index (κ1) is 14.5. The molecule has 1 amide bonds. The van der Waals surface area contributed by atoms with Gasteiger partial charge in [0.2, 0.25) is 0 Å². The number of ether oxygens (including phenoxy) is 1. The Hall–Kier alpha value is -1.55. The van der Waals surface area contributed by atoms with Crippen LogP contribution in [0, 0.1) is 0 Å². The molecule has 0 fully saturated rings. The van der Waals surface area contributed by atoms with Gasteiger partial charge in [0.15, 0.2) is 6.61 Å². The first-order valence-electron chi connectivity index (χ1n) is 6.23. The fraction of sp³-hybridized carbons (Fsp3) is 0.500. The fourth-order valence-corrected chi connectivity index (χ4v) is 1.61. The molecule has 0 bridgehead atoms. The molecule has 0 spiro atoms. The molecule has 0 saturated heterocycles.